The van der Waals surface area contributed by atoms with Crippen LogP contribution in [0.2, 0.25) is 0 Å². The summed E-state index contributed by atoms with van der Waals surface area (Å²) in [4.78, 5) is 33.6. The average Bonchev–Trinajstić information content (AvgIpc) is 3.36. The van der Waals surface area contributed by atoms with Crippen molar-refractivity contribution in [1.29, 1.82) is 0 Å². The highest BCUT2D eigenvalue weighted by Crippen LogP contribution is 2.25. The van der Waals surface area contributed by atoms with Crippen molar-refractivity contribution in [1.82, 2.24) is 19.6 Å². The number of anilines is 1. The van der Waals surface area contributed by atoms with Gasteiger partial charge in [-0.1, -0.05) is 69.3 Å². The first-order valence-corrected chi connectivity index (χ1v) is 13.9. The number of nitrogens with zero attached hydrogens (tertiary/aromatic N) is 5. The van der Waals surface area contributed by atoms with Gasteiger partial charge in [0.2, 0.25) is 5.91 Å². The third-order valence-electron chi connectivity index (χ3n) is 6.91. The van der Waals surface area contributed by atoms with Gasteiger partial charge in [-0.25, -0.2) is 0 Å². The van der Waals surface area contributed by atoms with E-state index in [1.54, 1.807) is 0 Å². The maximum absolute atomic E-state index is 13.7. The molecule has 2 amide bonds. The first kappa shape index (κ1) is 27.6. The molecule has 1 aromatic heterocycles. The predicted octanol–water partition coefficient (Wildman–Crippen LogP) is 4.87. The summed E-state index contributed by atoms with van der Waals surface area (Å²) in [5.74, 6) is 0.525. The van der Waals surface area contributed by atoms with Crippen molar-refractivity contribution in [3.05, 3.63) is 83.7 Å². The zero-order valence-electron chi connectivity index (χ0n) is 23.1. The molecule has 7 heteroatoms. The minimum atomic E-state index is -0.0689. The smallest absolute Gasteiger partial charge is 0.274 e. The van der Waals surface area contributed by atoms with Crippen molar-refractivity contribution >= 4 is 17.5 Å². The number of para-hydroxylation sites is 1. The summed E-state index contributed by atoms with van der Waals surface area (Å²) in [6, 6.07) is 19.7. The van der Waals surface area contributed by atoms with Crippen LogP contribution in [-0.4, -0.2) is 64.1 Å². The molecule has 1 aliphatic heterocycles. The van der Waals surface area contributed by atoms with E-state index in [0.29, 0.717) is 37.7 Å². The molecular weight excluding hydrogens is 474 g/mol. The third kappa shape index (κ3) is 7.32. The van der Waals surface area contributed by atoms with Gasteiger partial charge in [-0.05, 0) is 48.6 Å². The number of aryl methyl sites for hydroxylation is 1. The number of hydrogen-bond acceptors (Lipinski definition) is 4. The number of fused-ring (bicyclic) bond motifs is 1. The summed E-state index contributed by atoms with van der Waals surface area (Å²) in [6.07, 6.45) is 4.06. The Morgan fingerprint density at radius 2 is 1.68 bits per heavy atom. The van der Waals surface area contributed by atoms with Crippen LogP contribution < -0.4 is 4.90 Å². The molecular formula is C31H41N5O2. The van der Waals surface area contributed by atoms with Gasteiger partial charge in [-0.2, -0.15) is 5.10 Å². The van der Waals surface area contributed by atoms with Crippen LogP contribution in [0.3, 0.4) is 0 Å². The second kappa shape index (κ2) is 13.4. The number of benzene rings is 2. The zero-order valence-corrected chi connectivity index (χ0v) is 23.1. The molecule has 0 saturated carbocycles. The summed E-state index contributed by atoms with van der Waals surface area (Å²) in [7, 11) is 0. The SMILES string of the molecule is CCCn1ccc(C(=O)N2CCN(CC(C)C)CCCN(C(=O)Cc3ccccc3)c3ccccc3C2)n1. The lowest BCUT2D eigenvalue weighted by Crippen LogP contribution is -2.40. The first-order chi connectivity index (χ1) is 18.4. The van der Waals surface area contributed by atoms with E-state index in [1.165, 1.54) is 0 Å². The van der Waals surface area contributed by atoms with E-state index < -0.39 is 0 Å². The van der Waals surface area contributed by atoms with Crippen LogP contribution in [0.25, 0.3) is 0 Å². The molecule has 0 saturated heterocycles. The molecule has 0 N–H and O–H groups in total. The second-order valence-electron chi connectivity index (χ2n) is 10.6. The van der Waals surface area contributed by atoms with Crippen LogP contribution in [0, 0.1) is 5.92 Å². The van der Waals surface area contributed by atoms with Gasteiger partial charge in [0.25, 0.3) is 5.91 Å². The standard InChI is InChI=1S/C31H41N5O2/c1-4-16-35-19-15-28(32-35)31(38)34-21-20-33(23-25(2)3)17-10-18-36(29-14-9-8-13-27(29)24-34)30(37)22-26-11-6-5-7-12-26/h5-9,11-15,19,25H,4,10,16-18,20-24H2,1-3H3. The summed E-state index contributed by atoms with van der Waals surface area (Å²) in [5.41, 5.74) is 3.34. The van der Waals surface area contributed by atoms with E-state index in [-0.39, 0.29) is 11.8 Å². The zero-order chi connectivity index (χ0) is 26.9. The third-order valence-corrected chi connectivity index (χ3v) is 6.91. The lowest BCUT2D eigenvalue weighted by molar-refractivity contribution is -0.118. The molecule has 0 spiro atoms. The van der Waals surface area contributed by atoms with Gasteiger partial charge in [-0.3, -0.25) is 14.3 Å². The maximum atomic E-state index is 13.7. The fraction of sp³-hybridized carbons (Fsp3) is 0.452. The molecule has 2 heterocycles. The van der Waals surface area contributed by atoms with Crippen LogP contribution in [0.5, 0.6) is 0 Å². The van der Waals surface area contributed by atoms with Crippen LogP contribution in [0.1, 0.15) is 55.2 Å². The Hall–Kier alpha value is -3.45. The highest BCUT2D eigenvalue weighted by molar-refractivity contribution is 5.96. The van der Waals surface area contributed by atoms with Crippen molar-refractivity contribution in [2.45, 2.75) is 53.1 Å². The lowest BCUT2D eigenvalue weighted by atomic mass is 10.1. The Bertz CT molecular complexity index is 1190. The Labute approximate surface area is 227 Å². The molecule has 1 aliphatic rings. The van der Waals surface area contributed by atoms with Gasteiger partial charge < -0.3 is 14.7 Å². The fourth-order valence-corrected chi connectivity index (χ4v) is 5.13. The summed E-state index contributed by atoms with van der Waals surface area (Å²) < 4.78 is 1.84. The molecule has 38 heavy (non-hydrogen) atoms. The topological polar surface area (TPSA) is 61.7 Å². The summed E-state index contributed by atoms with van der Waals surface area (Å²) >= 11 is 0. The van der Waals surface area contributed by atoms with Crippen LogP contribution in [-0.2, 0) is 24.3 Å². The predicted molar refractivity (Wildman–Crippen MR) is 152 cm³/mol. The van der Waals surface area contributed by atoms with Crippen molar-refractivity contribution < 1.29 is 9.59 Å². The van der Waals surface area contributed by atoms with Gasteiger partial charge in [0.15, 0.2) is 0 Å². The highest BCUT2D eigenvalue weighted by Gasteiger charge is 2.25. The Balaban J connectivity index is 1.65. The molecule has 2 aromatic carbocycles. The molecule has 0 unspecified atom stereocenters. The molecule has 0 aliphatic carbocycles. The fourth-order valence-electron chi connectivity index (χ4n) is 5.13. The second-order valence-corrected chi connectivity index (χ2v) is 10.6. The molecule has 3 aromatic rings. The molecule has 0 bridgehead atoms. The normalized spacial score (nSPS) is 15.3. The van der Waals surface area contributed by atoms with Gasteiger partial charge in [0.05, 0.1) is 6.42 Å². The number of amides is 2. The minimum absolute atomic E-state index is 0.0689. The monoisotopic (exact) mass is 515 g/mol. The minimum Gasteiger partial charge on any atom is -0.332 e. The van der Waals surface area contributed by atoms with E-state index in [9.17, 15) is 9.59 Å². The average molecular weight is 516 g/mol. The van der Waals surface area contributed by atoms with Gasteiger partial charge in [0.1, 0.15) is 5.69 Å². The quantitative estimate of drug-likeness (QED) is 0.450. The van der Waals surface area contributed by atoms with E-state index >= 15 is 0 Å². The van der Waals surface area contributed by atoms with Gasteiger partial charge >= 0.3 is 0 Å². The molecule has 0 radical (unpaired) electrons. The molecule has 0 atom stereocenters. The summed E-state index contributed by atoms with van der Waals surface area (Å²) in [6.45, 7) is 11.6. The lowest BCUT2D eigenvalue weighted by Gasteiger charge is -2.28. The molecule has 202 valence electrons. The Morgan fingerprint density at radius 3 is 2.45 bits per heavy atom. The Kier molecular flexibility index (Phi) is 9.71. The van der Waals surface area contributed by atoms with Crippen LogP contribution in [0.4, 0.5) is 5.69 Å². The van der Waals surface area contributed by atoms with Crippen LogP contribution >= 0.6 is 0 Å². The number of rotatable bonds is 7. The molecule has 4 rings (SSSR count). The van der Waals surface area contributed by atoms with E-state index in [4.69, 9.17) is 0 Å². The number of carbonyl (C=O) groups is 2. The summed E-state index contributed by atoms with van der Waals surface area (Å²) in [5, 5.41) is 4.55. The van der Waals surface area contributed by atoms with E-state index in [1.807, 2.05) is 81.3 Å². The van der Waals surface area contributed by atoms with Crippen molar-refractivity contribution in [3.8, 4) is 0 Å². The highest BCUT2D eigenvalue weighted by atomic mass is 16.2. The van der Waals surface area contributed by atoms with Gasteiger partial charge in [-0.15, -0.1) is 0 Å². The molecule has 7 nitrogen and oxygen atoms in total. The van der Waals surface area contributed by atoms with Crippen LogP contribution in [0.15, 0.2) is 66.9 Å². The number of carbonyl (C=O) groups excluding carboxylic acids is 2. The van der Waals surface area contributed by atoms with E-state index in [0.717, 1.165) is 55.8 Å². The van der Waals surface area contributed by atoms with Crippen molar-refractivity contribution in [3.63, 3.8) is 0 Å². The van der Waals surface area contributed by atoms with Crippen molar-refractivity contribution in [2.24, 2.45) is 5.92 Å². The van der Waals surface area contributed by atoms with E-state index in [2.05, 4.69) is 30.8 Å². The van der Waals surface area contributed by atoms with Gasteiger partial charge in [0, 0.05) is 51.2 Å². The van der Waals surface area contributed by atoms with Crippen molar-refractivity contribution in [2.75, 3.05) is 37.6 Å². The number of hydrogen-bond donors (Lipinski definition) is 0. The first-order valence-electron chi connectivity index (χ1n) is 13.9. The maximum Gasteiger partial charge on any atom is 0.274 e. The Morgan fingerprint density at radius 1 is 0.921 bits per heavy atom. The number of aromatic nitrogens is 2. The molecule has 0 fully saturated rings. The largest absolute Gasteiger partial charge is 0.332 e.